The molecule has 4 aromatic heterocycles. The lowest BCUT2D eigenvalue weighted by molar-refractivity contribution is -0.122. The number of primary amides is 1. The number of carbonyl (C=O) groups is 1. The minimum atomic E-state index is -0.286. The summed E-state index contributed by atoms with van der Waals surface area (Å²) in [5.74, 6) is 1.78. The molecule has 0 unspecified atom stereocenters. The molecule has 204 valence electrons. The number of benzene rings is 2. The number of likely N-dealkylation sites (tertiary alicyclic amines) is 1. The molecule has 10 heteroatoms. The minimum absolute atomic E-state index is 0.245. The number of rotatable bonds is 8. The summed E-state index contributed by atoms with van der Waals surface area (Å²) in [4.78, 5) is 27.3. The number of nitrogens with two attached hydrogens (primary N) is 1. The number of hydrogen-bond donors (Lipinski definition) is 2. The fraction of sp³-hybridized carbons (Fsp3) is 0.194. The van der Waals surface area contributed by atoms with Gasteiger partial charge in [-0.2, -0.15) is 5.10 Å². The standard InChI is InChI=1S/C31H28N8O2/c32-30(40)28-7-4-12-38(28)18-23-9-11-29(41-23)25-14-24-26(16-33-25)34-19-35-31(24)37-22-8-10-27-21(13-22)15-36-39(27)17-20-5-2-1-3-6-20/h1-3,5-6,8-11,13-16,19,28H,4,7,12,17-18H2,(H2,32,40)(H,34,35,37)/t28-/m0/s1. The van der Waals surface area contributed by atoms with Gasteiger partial charge in [0.05, 0.1) is 42.6 Å². The molecule has 41 heavy (non-hydrogen) atoms. The van der Waals surface area contributed by atoms with Crippen molar-refractivity contribution in [2.24, 2.45) is 5.73 Å². The Balaban J connectivity index is 1.13. The number of amides is 1. The molecular weight excluding hydrogens is 516 g/mol. The summed E-state index contributed by atoms with van der Waals surface area (Å²) in [6.07, 6.45) is 6.87. The van der Waals surface area contributed by atoms with E-state index in [9.17, 15) is 4.79 Å². The first-order valence-corrected chi connectivity index (χ1v) is 13.6. The maximum Gasteiger partial charge on any atom is 0.234 e. The van der Waals surface area contributed by atoms with Gasteiger partial charge in [-0.05, 0) is 61.3 Å². The van der Waals surface area contributed by atoms with Gasteiger partial charge in [-0.25, -0.2) is 9.97 Å². The lowest BCUT2D eigenvalue weighted by Gasteiger charge is -2.20. The van der Waals surface area contributed by atoms with Gasteiger partial charge in [-0.3, -0.25) is 19.4 Å². The normalized spacial score (nSPS) is 15.6. The number of nitrogens with zero attached hydrogens (tertiary/aromatic N) is 6. The van der Waals surface area contributed by atoms with Crippen molar-refractivity contribution in [1.29, 1.82) is 0 Å². The van der Waals surface area contributed by atoms with Gasteiger partial charge in [0.25, 0.3) is 0 Å². The molecule has 0 saturated carbocycles. The molecule has 2 aromatic carbocycles. The van der Waals surface area contributed by atoms with Gasteiger partial charge >= 0.3 is 0 Å². The van der Waals surface area contributed by atoms with E-state index in [0.29, 0.717) is 30.4 Å². The number of nitrogens with one attached hydrogen (secondary N) is 1. The third-order valence-corrected chi connectivity index (χ3v) is 7.57. The van der Waals surface area contributed by atoms with Crippen molar-refractivity contribution in [2.75, 3.05) is 11.9 Å². The van der Waals surface area contributed by atoms with Crippen molar-refractivity contribution >= 4 is 39.2 Å². The Labute approximate surface area is 235 Å². The molecule has 10 nitrogen and oxygen atoms in total. The number of furan rings is 1. The molecule has 1 atom stereocenters. The lowest BCUT2D eigenvalue weighted by Crippen LogP contribution is -2.39. The lowest BCUT2D eigenvalue weighted by atomic mass is 10.2. The number of fused-ring (bicyclic) bond motifs is 2. The second kappa shape index (κ2) is 10.5. The monoisotopic (exact) mass is 544 g/mol. The van der Waals surface area contributed by atoms with E-state index in [1.54, 1.807) is 6.20 Å². The van der Waals surface area contributed by atoms with E-state index in [1.807, 2.05) is 53.3 Å². The number of aromatic nitrogens is 5. The van der Waals surface area contributed by atoms with Crippen LogP contribution in [-0.2, 0) is 17.9 Å². The highest BCUT2D eigenvalue weighted by molar-refractivity contribution is 5.93. The third-order valence-electron chi connectivity index (χ3n) is 7.57. The van der Waals surface area contributed by atoms with Crippen LogP contribution in [0.4, 0.5) is 11.5 Å². The molecule has 5 heterocycles. The zero-order valence-corrected chi connectivity index (χ0v) is 22.3. The van der Waals surface area contributed by atoms with E-state index < -0.39 is 0 Å². The molecule has 6 aromatic rings. The molecule has 1 aliphatic heterocycles. The summed E-state index contributed by atoms with van der Waals surface area (Å²) in [5.41, 5.74) is 10.1. The van der Waals surface area contributed by atoms with Gasteiger partial charge in [0, 0.05) is 16.5 Å². The summed E-state index contributed by atoms with van der Waals surface area (Å²) >= 11 is 0. The zero-order chi connectivity index (χ0) is 27.8. The summed E-state index contributed by atoms with van der Waals surface area (Å²) in [5, 5.41) is 9.90. The minimum Gasteiger partial charge on any atom is -0.458 e. The van der Waals surface area contributed by atoms with Crippen LogP contribution in [0.3, 0.4) is 0 Å². The number of anilines is 2. The molecule has 1 aliphatic rings. The number of pyridine rings is 1. The quantitative estimate of drug-likeness (QED) is 0.278. The topological polar surface area (TPSA) is 128 Å². The molecule has 1 saturated heterocycles. The number of hydrogen-bond acceptors (Lipinski definition) is 8. The summed E-state index contributed by atoms with van der Waals surface area (Å²) in [6, 6.07) is 22.0. The Morgan fingerprint density at radius 2 is 1.90 bits per heavy atom. The Bertz CT molecular complexity index is 1860. The van der Waals surface area contributed by atoms with Gasteiger partial charge < -0.3 is 15.5 Å². The van der Waals surface area contributed by atoms with Crippen LogP contribution in [0.5, 0.6) is 0 Å². The summed E-state index contributed by atoms with van der Waals surface area (Å²) in [7, 11) is 0. The highest BCUT2D eigenvalue weighted by Gasteiger charge is 2.29. The van der Waals surface area contributed by atoms with E-state index in [-0.39, 0.29) is 11.9 Å². The van der Waals surface area contributed by atoms with Gasteiger partial charge in [-0.15, -0.1) is 0 Å². The van der Waals surface area contributed by atoms with Gasteiger partial charge in [-0.1, -0.05) is 30.3 Å². The van der Waals surface area contributed by atoms with Gasteiger partial charge in [0.1, 0.15) is 23.6 Å². The maximum atomic E-state index is 11.8. The van der Waals surface area contributed by atoms with Crippen LogP contribution in [-0.4, -0.2) is 48.1 Å². The smallest absolute Gasteiger partial charge is 0.234 e. The first-order valence-electron chi connectivity index (χ1n) is 13.6. The molecule has 3 N–H and O–H groups in total. The second-order valence-electron chi connectivity index (χ2n) is 10.3. The van der Waals surface area contributed by atoms with Crippen LogP contribution in [0.2, 0.25) is 0 Å². The summed E-state index contributed by atoms with van der Waals surface area (Å²) < 4.78 is 8.13. The number of carbonyl (C=O) groups excluding carboxylic acids is 1. The summed E-state index contributed by atoms with van der Waals surface area (Å²) in [6.45, 7) is 2.06. The molecule has 7 rings (SSSR count). The van der Waals surface area contributed by atoms with Crippen molar-refractivity contribution in [3.05, 3.63) is 96.8 Å². The second-order valence-corrected chi connectivity index (χ2v) is 10.3. The zero-order valence-electron chi connectivity index (χ0n) is 22.3. The molecular formula is C31H28N8O2. The molecule has 0 aliphatic carbocycles. The van der Waals surface area contributed by atoms with Gasteiger partial charge in [0.2, 0.25) is 5.91 Å². The Morgan fingerprint density at radius 3 is 2.78 bits per heavy atom. The average Bonchev–Trinajstić information content (AvgIpc) is 3.75. The maximum absolute atomic E-state index is 11.8. The average molecular weight is 545 g/mol. The Hall–Kier alpha value is -5.09. The highest BCUT2D eigenvalue weighted by atomic mass is 16.3. The van der Waals surface area contributed by atoms with Crippen molar-refractivity contribution in [3.63, 3.8) is 0 Å². The predicted octanol–water partition coefficient (Wildman–Crippen LogP) is 4.88. The van der Waals surface area contributed by atoms with Crippen LogP contribution < -0.4 is 11.1 Å². The molecule has 1 amide bonds. The van der Waals surface area contributed by atoms with E-state index in [2.05, 4.69) is 54.5 Å². The predicted molar refractivity (Wildman–Crippen MR) is 156 cm³/mol. The van der Waals surface area contributed by atoms with Crippen LogP contribution in [0.15, 0.2) is 89.9 Å². The van der Waals surface area contributed by atoms with Crippen LogP contribution >= 0.6 is 0 Å². The van der Waals surface area contributed by atoms with E-state index >= 15 is 0 Å². The van der Waals surface area contributed by atoms with Crippen LogP contribution in [0.25, 0.3) is 33.3 Å². The van der Waals surface area contributed by atoms with E-state index in [1.165, 1.54) is 11.9 Å². The van der Waals surface area contributed by atoms with E-state index in [4.69, 9.17) is 10.2 Å². The third kappa shape index (κ3) is 5.01. The van der Waals surface area contributed by atoms with Gasteiger partial charge in [0.15, 0.2) is 5.76 Å². The SMILES string of the molecule is NC(=O)[C@@H]1CCCN1Cc1ccc(-c2cc3c(Nc4ccc5c(cnn5Cc5ccccc5)c4)ncnc3cn2)o1. The van der Waals surface area contributed by atoms with Crippen molar-refractivity contribution < 1.29 is 9.21 Å². The fourth-order valence-electron chi connectivity index (χ4n) is 5.52. The molecule has 0 bridgehead atoms. The van der Waals surface area contributed by atoms with Crippen LogP contribution in [0, 0.1) is 0 Å². The molecule has 1 fully saturated rings. The Kier molecular flexibility index (Phi) is 6.36. The van der Waals surface area contributed by atoms with Crippen molar-refractivity contribution in [2.45, 2.75) is 32.0 Å². The van der Waals surface area contributed by atoms with Crippen molar-refractivity contribution in [1.82, 2.24) is 29.6 Å². The molecule has 0 spiro atoms. The highest BCUT2D eigenvalue weighted by Crippen LogP contribution is 2.30. The molecule has 0 radical (unpaired) electrons. The Morgan fingerprint density at radius 1 is 1.00 bits per heavy atom. The van der Waals surface area contributed by atoms with E-state index in [0.717, 1.165) is 52.6 Å². The van der Waals surface area contributed by atoms with Crippen molar-refractivity contribution in [3.8, 4) is 11.5 Å². The van der Waals surface area contributed by atoms with Crippen LogP contribution in [0.1, 0.15) is 24.2 Å². The first kappa shape index (κ1) is 24.9. The largest absolute Gasteiger partial charge is 0.458 e. The first-order chi connectivity index (χ1) is 20.1. The fourth-order valence-corrected chi connectivity index (χ4v) is 5.52.